The summed E-state index contributed by atoms with van der Waals surface area (Å²) in [7, 11) is 2.79. The quantitative estimate of drug-likeness (QED) is 0.379. The molecule has 0 amide bonds. The topological polar surface area (TPSA) is 82.2 Å². The molecule has 5 nitrogen and oxygen atoms in total. The maximum Gasteiger partial charge on any atom is 0.150 e. The third kappa shape index (κ3) is 4.02. The molecule has 0 unspecified atom stereocenters. The number of aldehydes is 2. The van der Waals surface area contributed by atoms with Crippen molar-refractivity contribution < 1.29 is 14.7 Å². The fraction of sp³-hybridized carbons (Fsp3) is 0.100. The standard InChI is InChI=1S/C19H16N2O2.CH4O/c1-20-19-5-3-14(11-22)10-17(19)16(12-23)9-13-2-4-18-15(8-13)6-7-21-18;1-2/h2-12,20-21H,1H3;2H,1H3/b16-9+;. The van der Waals surface area contributed by atoms with Gasteiger partial charge in [0.15, 0.2) is 6.29 Å². The van der Waals surface area contributed by atoms with E-state index in [9.17, 15) is 9.59 Å². The van der Waals surface area contributed by atoms with E-state index in [-0.39, 0.29) is 0 Å². The van der Waals surface area contributed by atoms with Crippen LogP contribution in [0, 0.1) is 0 Å². The number of aromatic amines is 1. The van der Waals surface area contributed by atoms with Gasteiger partial charge in [0.2, 0.25) is 0 Å². The van der Waals surface area contributed by atoms with E-state index in [0.29, 0.717) is 16.7 Å². The highest BCUT2D eigenvalue weighted by Gasteiger charge is 2.08. The molecule has 3 N–H and O–H groups in total. The molecule has 0 aliphatic rings. The van der Waals surface area contributed by atoms with Crippen LogP contribution < -0.4 is 5.32 Å². The highest BCUT2D eigenvalue weighted by Crippen LogP contribution is 2.26. The summed E-state index contributed by atoms with van der Waals surface area (Å²) in [6.45, 7) is 0. The molecular formula is C20H20N2O3. The van der Waals surface area contributed by atoms with Gasteiger partial charge in [0, 0.05) is 48.3 Å². The Kier molecular flexibility index (Phi) is 6.26. The van der Waals surface area contributed by atoms with Crippen LogP contribution in [0.2, 0.25) is 0 Å². The number of nitrogens with one attached hydrogen (secondary N) is 2. The monoisotopic (exact) mass is 336 g/mol. The predicted molar refractivity (Wildman–Crippen MR) is 102 cm³/mol. The minimum atomic E-state index is 0.521. The summed E-state index contributed by atoms with van der Waals surface area (Å²) in [5, 5.41) is 11.1. The molecule has 0 atom stereocenters. The maximum atomic E-state index is 11.6. The van der Waals surface area contributed by atoms with E-state index in [1.807, 2.05) is 36.5 Å². The highest BCUT2D eigenvalue weighted by molar-refractivity contribution is 6.15. The molecule has 3 aromatic rings. The Bertz CT molecular complexity index is 910. The van der Waals surface area contributed by atoms with E-state index in [2.05, 4.69) is 10.3 Å². The van der Waals surface area contributed by atoms with E-state index in [1.54, 1.807) is 25.2 Å². The van der Waals surface area contributed by atoms with Crippen molar-refractivity contribution >= 4 is 40.8 Å². The number of fused-ring (bicyclic) bond motifs is 1. The van der Waals surface area contributed by atoms with Gasteiger partial charge in [-0.2, -0.15) is 0 Å². The van der Waals surface area contributed by atoms with Crippen molar-refractivity contribution in [2.24, 2.45) is 0 Å². The Morgan fingerprint density at radius 3 is 2.48 bits per heavy atom. The van der Waals surface area contributed by atoms with E-state index < -0.39 is 0 Å². The van der Waals surface area contributed by atoms with Crippen LogP contribution >= 0.6 is 0 Å². The second kappa shape index (κ2) is 8.61. The van der Waals surface area contributed by atoms with Crippen molar-refractivity contribution in [3.63, 3.8) is 0 Å². The third-order valence-electron chi connectivity index (χ3n) is 3.79. The van der Waals surface area contributed by atoms with Gasteiger partial charge in [-0.1, -0.05) is 6.07 Å². The van der Waals surface area contributed by atoms with E-state index >= 15 is 0 Å². The minimum Gasteiger partial charge on any atom is -0.400 e. The molecular weight excluding hydrogens is 316 g/mol. The number of carbonyl (C=O) groups is 2. The third-order valence-corrected chi connectivity index (χ3v) is 3.79. The van der Waals surface area contributed by atoms with Crippen molar-refractivity contribution in [3.05, 3.63) is 65.4 Å². The molecule has 1 aromatic heterocycles. The van der Waals surface area contributed by atoms with Gasteiger partial charge in [-0.05, 0) is 53.4 Å². The van der Waals surface area contributed by atoms with Crippen molar-refractivity contribution in [3.8, 4) is 0 Å². The molecule has 3 rings (SSSR count). The first-order chi connectivity index (χ1) is 12.2. The van der Waals surface area contributed by atoms with Crippen LogP contribution in [0.4, 0.5) is 5.69 Å². The van der Waals surface area contributed by atoms with E-state index in [0.717, 1.165) is 41.8 Å². The molecule has 0 saturated heterocycles. The van der Waals surface area contributed by atoms with Crippen molar-refractivity contribution in [1.82, 2.24) is 4.98 Å². The van der Waals surface area contributed by atoms with E-state index in [1.165, 1.54) is 0 Å². The smallest absolute Gasteiger partial charge is 0.150 e. The summed E-state index contributed by atoms with van der Waals surface area (Å²) in [5.41, 5.74) is 4.55. The fourth-order valence-electron chi connectivity index (χ4n) is 2.61. The van der Waals surface area contributed by atoms with Crippen LogP contribution in [0.15, 0.2) is 48.7 Å². The fourth-order valence-corrected chi connectivity index (χ4v) is 2.61. The first-order valence-electron chi connectivity index (χ1n) is 7.71. The lowest BCUT2D eigenvalue weighted by Gasteiger charge is -2.10. The van der Waals surface area contributed by atoms with Gasteiger partial charge in [-0.15, -0.1) is 0 Å². The highest BCUT2D eigenvalue weighted by atomic mass is 16.2. The number of hydrogen-bond donors (Lipinski definition) is 3. The SMILES string of the molecule is CNc1ccc(C=O)cc1/C(C=O)=C/c1ccc2[nH]ccc2c1.CO. The number of aliphatic hydroxyl groups is 1. The second-order valence-electron chi connectivity index (χ2n) is 5.21. The Morgan fingerprint density at radius 1 is 1.04 bits per heavy atom. The Labute approximate surface area is 146 Å². The Balaban J connectivity index is 0.00000109. The van der Waals surface area contributed by atoms with Crippen molar-refractivity contribution in [2.75, 3.05) is 19.5 Å². The zero-order valence-electron chi connectivity index (χ0n) is 14.1. The zero-order valence-corrected chi connectivity index (χ0v) is 14.1. The molecule has 0 radical (unpaired) electrons. The summed E-state index contributed by atoms with van der Waals surface area (Å²) in [6, 6.07) is 13.2. The van der Waals surface area contributed by atoms with Gasteiger partial charge in [0.25, 0.3) is 0 Å². The number of aliphatic hydroxyl groups excluding tert-OH is 1. The van der Waals surface area contributed by atoms with E-state index in [4.69, 9.17) is 5.11 Å². The van der Waals surface area contributed by atoms with Crippen molar-refractivity contribution in [2.45, 2.75) is 0 Å². The molecule has 0 aliphatic heterocycles. The molecule has 2 aromatic carbocycles. The van der Waals surface area contributed by atoms with Crippen molar-refractivity contribution in [1.29, 1.82) is 0 Å². The van der Waals surface area contributed by atoms with Gasteiger partial charge >= 0.3 is 0 Å². The largest absolute Gasteiger partial charge is 0.400 e. The number of hydrogen-bond acceptors (Lipinski definition) is 4. The molecule has 25 heavy (non-hydrogen) atoms. The summed E-state index contributed by atoms with van der Waals surface area (Å²) in [4.78, 5) is 25.8. The normalized spacial score (nSPS) is 10.8. The molecule has 0 spiro atoms. The van der Waals surface area contributed by atoms with Crippen LogP contribution in [0.25, 0.3) is 22.6 Å². The lowest BCUT2D eigenvalue weighted by molar-refractivity contribution is -0.103. The lowest BCUT2D eigenvalue weighted by Crippen LogP contribution is -1.97. The molecule has 0 saturated carbocycles. The Morgan fingerprint density at radius 2 is 1.80 bits per heavy atom. The zero-order chi connectivity index (χ0) is 18.2. The summed E-state index contributed by atoms with van der Waals surface area (Å²) < 4.78 is 0. The van der Waals surface area contributed by atoms with Gasteiger partial charge in [0.1, 0.15) is 6.29 Å². The van der Waals surface area contributed by atoms with Crippen LogP contribution in [-0.2, 0) is 4.79 Å². The first-order valence-corrected chi connectivity index (χ1v) is 7.71. The molecule has 0 aliphatic carbocycles. The summed E-state index contributed by atoms with van der Waals surface area (Å²) in [6.07, 6.45) is 5.29. The van der Waals surface area contributed by atoms with Gasteiger partial charge in [0.05, 0.1) is 0 Å². The summed E-state index contributed by atoms with van der Waals surface area (Å²) in [5.74, 6) is 0. The number of benzene rings is 2. The number of aromatic nitrogens is 1. The number of allylic oxidation sites excluding steroid dienone is 1. The van der Waals surface area contributed by atoms with Gasteiger partial charge < -0.3 is 15.4 Å². The minimum absolute atomic E-state index is 0.521. The molecule has 128 valence electrons. The number of anilines is 1. The van der Waals surface area contributed by atoms with Crippen LogP contribution in [-0.4, -0.2) is 36.8 Å². The lowest BCUT2D eigenvalue weighted by atomic mass is 9.99. The molecule has 1 heterocycles. The Hall–Kier alpha value is -3.18. The summed E-state index contributed by atoms with van der Waals surface area (Å²) >= 11 is 0. The first kappa shape index (κ1) is 18.2. The van der Waals surface area contributed by atoms with Crippen LogP contribution in [0.1, 0.15) is 21.5 Å². The number of H-pyrrole nitrogens is 1. The average Bonchev–Trinajstić information content (AvgIpc) is 3.15. The maximum absolute atomic E-state index is 11.6. The number of rotatable bonds is 5. The van der Waals surface area contributed by atoms with Gasteiger partial charge in [-0.25, -0.2) is 0 Å². The van der Waals surface area contributed by atoms with Crippen LogP contribution in [0.5, 0.6) is 0 Å². The average molecular weight is 336 g/mol. The molecule has 5 heteroatoms. The molecule has 0 fully saturated rings. The number of carbonyl (C=O) groups excluding carboxylic acids is 2. The second-order valence-corrected chi connectivity index (χ2v) is 5.21. The van der Waals surface area contributed by atoms with Gasteiger partial charge in [-0.3, -0.25) is 9.59 Å². The predicted octanol–water partition coefficient (Wildman–Crippen LogP) is 3.37. The van der Waals surface area contributed by atoms with Crippen LogP contribution in [0.3, 0.4) is 0 Å². The molecule has 0 bridgehead atoms.